The molecule has 1 N–H and O–H groups in total. The first-order chi connectivity index (χ1) is 6.06. The van der Waals surface area contributed by atoms with Gasteiger partial charge in [0, 0.05) is 5.56 Å². The first kappa shape index (κ1) is 10.5. The summed E-state index contributed by atoms with van der Waals surface area (Å²) in [5, 5.41) is 8.58. The maximum atomic E-state index is 12.7. The molecule has 0 aliphatic rings. The molecule has 1 aromatic rings. The van der Waals surface area contributed by atoms with E-state index in [0.29, 0.717) is 0 Å². The van der Waals surface area contributed by atoms with Crippen LogP contribution in [0.3, 0.4) is 0 Å². The standard InChI is InChI=1S/C7H5BrF3NO/c8-5-4(6(9)10)1-3(2-13)7(11)12-5/h1,6,13H,2H2. The summed E-state index contributed by atoms with van der Waals surface area (Å²) in [6, 6.07) is 0.886. The summed E-state index contributed by atoms with van der Waals surface area (Å²) in [5.74, 6) is -0.946. The fourth-order valence-corrected chi connectivity index (χ4v) is 1.24. The molecule has 0 saturated heterocycles. The molecule has 2 nitrogen and oxygen atoms in total. The number of alkyl halides is 2. The molecule has 0 atom stereocenters. The van der Waals surface area contributed by atoms with Crippen molar-refractivity contribution in [2.75, 3.05) is 0 Å². The Morgan fingerprint density at radius 3 is 2.62 bits per heavy atom. The van der Waals surface area contributed by atoms with Crippen LogP contribution in [0.5, 0.6) is 0 Å². The Hall–Kier alpha value is -0.620. The van der Waals surface area contributed by atoms with Crippen LogP contribution in [0.4, 0.5) is 13.2 Å². The lowest BCUT2D eigenvalue weighted by atomic mass is 10.2. The summed E-state index contributed by atoms with van der Waals surface area (Å²) in [4.78, 5) is 3.18. The van der Waals surface area contributed by atoms with Crippen LogP contribution in [0.2, 0.25) is 0 Å². The predicted octanol–water partition coefficient (Wildman–Crippen LogP) is 2.41. The highest BCUT2D eigenvalue weighted by Crippen LogP contribution is 2.27. The number of aliphatic hydroxyl groups excluding tert-OH is 1. The van der Waals surface area contributed by atoms with Gasteiger partial charge in [-0.1, -0.05) is 0 Å². The first-order valence-electron chi connectivity index (χ1n) is 3.30. The Kier molecular flexibility index (Phi) is 3.27. The van der Waals surface area contributed by atoms with E-state index < -0.39 is 24.5 Å². The van der Waals surface area contributed by atoms with Gasteiger partial charge < -0.3 is 5.11 Å². The largest absolute Gasteiger partial charge is 0.392 e. The number of nitrogens with zero attached hydrogens (tertiary/aromatic N) is 1. The van der Waals surface area contributed by atoms with Crippen molar-refractivity contribution in [2.24, 2.45) is 0 Å². The molecule has 0 amide bonds. The van der Waals surface area contributed by atoms with Crippen LogP contribution in [-0.2, 0) is 6.61 Å². The molecule has 0 unspecified atom stereocenters. The van der Waals surface area contributed by atoms with Crippen LogP contribution in [0.1, 0.15) is 17.6 Å². The van der Waals surface area contributed by atoms with Crippen molar-refractivity contribution >= 4 is 15.9 Å². The summed E-state index contributed by atoms with van der Waals surface area (Å²) >= 11 is 2.70. The van der Waals surface area contributed by atoms with Crippen molar-refractivity contribution in [2.45, 2.75) is 13.0 Å². The molecule has 0 bridgehead atoms. The molecule has 1 heterocycles. The maximum Gasteiger partial charge on any atom is 0.266 e. The predicted molar refractivity (Wildman–Crippen MR) is 42.8 cm³/mol. The van der Waals surface area contributed by atoms with E-state index in [0.717, 1.165) is 6.07 Å². The quantitative estimate of drug-likeness (QED) is 0.824. The van der Waals surface area contributed by atoms with Crippen molar-refractivity contribution in [3.63, 3.8) is 0 Å². The first-order valence-corrected chi connectivity index (χ1v) is 4.09. The normalized spacial score (nSPS) is 10.9. The van der Waals surface area contributed by atoms with Crippen LogP contribution >= 0.6 is 15.9 Å². The average molecular weight is 256 g/mol. The number of aliphatic hydroxyl groups is 1. The Morgan fingerprint density at radius 2 is 2.15 bits per heavy atom. The minimum Gasteiger partial charge on any atom is -0.392 e. The number of hydrogen-bond acceptors (Lipinski definition) is 2. The second-order valence-corrected chi connectivity index (χ2v) is 3.03. The third kappa shape index (κ3) is 2.19. The molecule has 13 heavy (non-hydrogen) atoms. The van der Waals surface area contributed by atoms with E-state index in [9.17, 15) is 13.2 Å². The van der Waals surface area contributed by atoms with Gasteiger partial charge in [-0.25, -0.2) is 13.8 Å². The Balaban J connectivity index is 3.22. The molecule has 72 valence electrons. The highest BCUT2D eigenvalue weighted by molar-refractivity contribution is 9.10. The van der Waals surface area contributed by atoms with Gasteiger partial charge in [-0.2, -0.15) is 4.39 Å². The Labute approximate surface area is 80.5 Å². The van der Waals surface area contributed by atoms with E-state index in [1.54, 1.807) is 0 Å². The van der Waals surface area contributed by atoms with E-state index in [1.165, 1.54) is 0 Å². The highest BCUT2D eigenvalue weighted by atomic mass is 79.9. The number of halogens is 4. The van der Waals surface area contributed by atoms with E-state index in [1.807, 2.05) is 0 Å². The van der Waals surface area contributed by atoms with Crippen molar-refractivity contribution in [3.8, 4) is 0 Å². The van der Waals surface area contributed by atoms with Gasteiger partial charge >= 0.3 is 0 Å². The summed E-state index contributed by atoms with van der Waals surface area (Å²) in [6.07, 6.45) is -2.74. The summed E-state index contributed by atoms with van der Waals surface area (Å²) in [6.45, 7) is -0.647. The summed E-state index contributed by atoms with van der Waals surface area (Å²) in [7, 11) is 0. The molecular weight excluding hydrogens is 251 g/mol. The molecule has 1 aromatic heterocycles. The molecule has 1 rings (SSSR count). The molecule has 0 aromatic carbocycles. The lowest BCUT2D eigenvalue weighted by molar-refractivity contribution is 0.149. The van der Waals surface area contributed by atoms with Gasteiger partial charge in [-0.3, -0.25) is 0 Å². The van der Waals surface area contributed by atoms with Crippen molar-refractivity contribution in [1.82, 2.24) is 4.98 Å². The second-order valence-electron chi connectivity index (χ2n) is 2.28. The number of hydrogen-bond donors (Lipinski definition) is 1. The SMILES string of the molecule is OCc1cc(C(F)F)c(Br)nc1F. The molecule has 0 radical (unpaired) electrons. The fraction of sp³-hybridized carbons (Fsp3) is 0.286. The number of rotatable bonds is 2. The molecule has 6 heteroatoms. The van der Waals surface area contributed by atoms with E-state index in [2.05, 4.69) is 20.9 Å². The summed E-state index contributed by atoms with van der Waals surface area (Å²) < 4.78 is 36.9. The van der Waals surface area contributed by atoms with Gasteiger partial charge in [-0.05, 0) is 22.0 Å². The van der Waals surface area contributed by atoms with E-state index >= 15 is 0 Å². The number of aromatic nitrogens is 1. The van der Waals surface area contributed by atoms with Gasteiger partial charge in [0.15, 0.2) is 0 Å². The van der Waals surface area contributed by atoms with Crippen LogP contribution in [0, 0.1) is 5.95 Å². The van der Waals surface area contributed by atoms with Crippen LogP contribution in [0.15, 0.2) is 10.7 Å². The van der Waals surface area contributed by atoms with Gasteiger partial charge in [0.1, 0.15) is 4.60 Å². The maximum absolute atomic E-state index is 12.7. The topological polar surface area (TPSA) is 33.1 Å². The monoisotopic (exact) mass is 255 g/mol. The highest BCUT2D eigenvalue weighted by Gasteiger charge is 2.16. The Morgan fingerprint density at radius 1 is 1.54 bits per heavy atom. The van der Waals surface area contributed by atoms with Crippen molar-refractivity contribution in [1.29, 1.82) is 0 Å². The molecule has 0 aliphatic carbocycles. The molecule has 0 saturated carbocycles. The average Bonchev–Trinajstić information content (AvgIpc) is 2.03. The van der Waals surface area contributed by atoms with E-state index in [-0.39, 0.29) is 10.2 Å². The molecule has 0 fully saturated rings. The third-order valence-electron chi connectivity index (χ3n) is 1.43. The van der Waals surface area contributed by atoms with Gasteiger partial charge in [0.25, 0.3) is 6.43 Å². The van der Waals surface area contributed by atoms with Gasteiger partial charge in [-0.15, -0.1) is 0 Å². The number of pyridine rings is 1. The lowest BCUT2D eigenvalue weighted by Crippen LogP contribution is -1.99. The van der Waals surface area contributed by atoms with Gasteiger partial charge in [0.05, 0.1) is 12.2 Å². The van der Waals surface area contributed by atoms with E-state index in [4.69, 9.17) is 5.11 Å². The van der Waals surface area contributed by atoms with Crippen LogP contribution in [0.25, 0.3) is 0 Å². The smallest absolute Gasteiger partial charge is 0.266 e. The molecule has 0 spiro atoms. The minimum absolute atomic E-state index is 0.237. The summed E-state index contributed by atoms with van der Waals surface area (Å²) in [5.41, 5.74) is -0.663. The van der Waals surface area contributed by atoms with Crippen molar-refractivity contribution < 1.29 is 18.3 Å². The van der Waals surface area contributed by atoms with Crippen LogP contribution in [-0.4, -0.2) is 10.1 Å². The van der Waals surface area contributed by atoms with Crippen LogP contribution < -0.4 is 0 Å². The Bertz CT molecular complexity index is 319. The van der Waals surface area contributed by atoms with Gasteiger partial charge in [0.2, 0.25) is 5.95 Å². The molecular formula is C7H5BrF3NO. The zero-order chi connectivity index (χ0) is 10.0. The lowest BCUT2D eigenvalue weighted by Gasteiger charge is -2.05. The molecule has 0 aliphatic heterocycles. The van der Waals surface area contributed by atoms with Crippen molar-refractivity contribution in [3.05, 3.63) is 27.7 Å². The zero-order valence-corrected chi connectivity index (χ0v) is 7.85. The second kappa shape index (κ2) is 4.06. The zero-order valence-electron chi connectivity index (χ0n) is 6.27. The third-order valence-corrected chi connectivity index (χ3v) is 2.07. The minimum atomic E-state index is -2.74. The fourth-order valence-electron chi connectivity index (χ4n) is 0.793.